The van der Waals surface area contributed by atoms with Crippen LogP contribution in [-0.4, -0.2) is 21.8 Å². The van der Waals surface area contributed by atoms with E-state index in [1.807, 2.05) is 51.1 Å². The van der Waals surface area contributed by atoms with Crippen LogP contribution in [0.3, 0.4) is 0 Å². The fraction of sp³-hybridized carbons (Fsp3) is 0.211. The Morgan fingerprint density at radius 2 is 1.92 bits per heavy atom. The van der Waals surface area contributed by atoms with Crippen molar-refractivity contribution in [1.29, 1.82) is 0 Å². The maximum atomic E-state index is 12.2. The van der Waals surface area contributed by atoms with Crippen LogP contribution in [-0.2, 0) is 0 Å². The standard InChI is InChI=1S/C19H20N4O/c1-12(2)17-11-18(22-21-17)19(24)23-20-13(3)15-10-6-8-14-7-4-5-9-16(14)15/h4-12H,1-3H3,(H,21,22)(H,23,24)/b20-13+. The first-order valence-corrected chi connectivity index (χ1v) is 7.94. The fourth-order valence-electron chi connectivity index (χ4n) is 2.54. The minimum atomic E-state index is -0.322. The van der Waals surface area contributed by atoms with Crippen LogP contribution in [0.5, 0.6) is 0 Å². The van der Waals surface area contributed by atoms with E-state index in [-0.39, 0.29) is 5.91 Å². The molecular weight excluding hydrogens is 300 g/mol. The highest BCUT2D eigenvalue weighted by Gasteiger charge is 2.12. The Bertz CT molecular complexity index is 903. The molecule has 0 bridgehead atoms. The van der Waals surface area contributed by atoms with E-state index in [1.54, 1.807) is 6.07 Å². The number of H-pyrrole nitrogens is 1. The van der Waals surface area contributed by atoms with Gasteiger partial charge in [-0.1, -0.05) is 56.3 Å². The van der Waals surface area contributed by atoms with E-state index < -0.39 is 0 Å². The number of hydrazone groups is 1. The van der Waals surface area contributed by atoms with E-state index in [4.69, 9.17) is 0 Å². The number of nitrogens with zero attached hydrogens (tertiary/aromatic N) is 2. The van der Waals surface area contributed by atoms with Gasteiger partial charge < -0.3 is 0 Å². The number of aromatic amines is 1. The first-order valence-electron chi connectivity index (χ1n) is 7.94. The number of aromatic nitrogens is 2. The maximum Gasteiger partial charge on any atom is 0.291 e. The summed E-state index contributed by atoms with van der Waals surface area (Å²) in [5.74, 6) is -0.0299. The summed E-state index contributed by atoms with van der Waals surface area (Å²) in [6.07, 6.45) is 0. The van der Waals surface area contributed by atoms with Gasteiger partial charge in [0.05, 0.1) is 5.71 Å². The smallest absolute Gasteiger partial charge is 0.282 e. The zero-order valence-corrected chi connectivity index (χ0v) is 14.0. The molecule has 0 saturated heterocycles. The zero-order valence-electron chi connectivity index (χ0n) is 14.0. The summed E-state index contributed by atoms with van der Waals surface area (Å²) in [5.41, 5.74) is 5.60. The van der Waals surface area contributed by atoms with Gasteiger partial charge in [-0.15, -0.1) is 0 Å². The average Bonchev–Trinajstić information content (AvgIpc) is 3.09. The molecule has 2 N–H and O–H groups in total. The van der Waals surface area contributed by atoms with Crippen LogP contribution in [0, 0.1) is 0 Å². The number of carbonyl (C=O) groups excluding carboxylic acids is 1. The van der Waals surface area contributed by atoms with Gasteiger partial charge in [-0.3, -0.25) is 9.89 Å². The first-order chi connectivity index (χ1) is 11.6. The Morgan fingerprint density at radius 3 is 2.67 bits per heavy atom. The monoisotopic (exact) mass is 320 g/mol. The Hall–Kier alpha value is -2.95. The van der Waals surface area contributed by atoms with E-state index in [1.165, 1.54) is 0 Å². The van der Waals surface area contributed by atoms with Gasteiger partial charge in [-0.05, 0) is 29.7 Å². The second-order valence-corrected chi connectivity index (χ2v) is 6.03. The zero-order chi connectivity index (χ0) is 17.1. The van der Waals surface area contributed by atoms with Crippen LogP contribution in [0.25, 0.3) is 10.8 Å². The predicted octanol–water partition coefficient (Wildman–Crippen LogP) is 3.84. The molecule has 3 aromatic rings. The topological polar surface area (TPSA) is 70.1 Å². The Labute approximate surface area is 140 Å². The third kappa shape index (κ3) is 3.20. The SMILES string of the molecule is C/C(=N\NC(=O)c1cc(C(C)C)[nH]n1)c1cccc2ccccc12. The summed E-state index contributed by atoms with van der Waals surface area (Å²) in [6.45, 7) is 5.96. The molecule has 1 heterocycles. The van der Waals surface area contributed by atoms with Crippen molar-refractivity contribution in [1.82, 2.24) is 15.6 Å². The van der Waals surface area contributed by atoms with Crippen LogP contribution in [0.4, 0.5) is 0 Å². The van der Waals surface area contributed by atoms with E-state index in [2.05, 4.69) is 32.9 Å². The van der Waals surface area contributed by atoms with Gasteiger partial charge in [0, 0.05) is 11.3 Å². The van der Waals surface area contributed by atoms with Crippen molar-refractivity contribution >= 4 is 22.4 Å². The van der Waals surface area contributed by atoms with Crippen molar-refractivity contribution in [3.8, 4) is 0 Å². The molecule has 0 aliphatic carbocycles. The van der Waals surface area contributed by atoms with Crippen LogP contribution < -0.4 is 5.43 Å². The van der Waals surface area contributed by atoms with Crippen molar-refractivity contribution in [2.45, 2.75) is 26.7 Å². The van der Waals surface area contributed by atoms with Gasteiger partial charge >= 0.3 is 0 Å². The highest BCUT2D eigenvalue weighted by Crippen LogP contribution is 2.19. The molecule has 0 radical (unpaired) electrons. The fourth-order valence-corrected chi connectivity index (χ4v) is 2.54. The molecule has 0 aliphatic heterocycles. The molecule has 0 aliphatic rings. The summed E-state index contributed by atoms with van der Waals surface area (Å²) in [7, 11) is 0. The minimum absolute atomic E-state index is 0.292. The molecule has 5 nitrogen and oxygen atoms in total. The van der Waals surface area contributed by atoms with Crippen molar-refractivity contribution in [3.05, 3.63) is 65.5 Å². The second kappa shape index (κ2) is 6.66. The number of fused-ring (bicyclic) bond motifs is 1. The predicted molar refractivity (Wildman–Crippen MR) is 96.3 cm³/mol. The lowest BCUT2D eigenvalue weighted by Gasteiger charge is -2.06. The molecule has 0 fully saturated rings. The van der Waals surface area contributed by atoms with Gasteiger partial charge in [0.2, 0.25) is 0 Å². The summed E-state index contributed by atoms with van der Waals surface area (Å²) in [4.78, 5) is 12.2. The average molecular weight is 320 g/mol. The van der Waals surface area contributed by atoms with Crippen molar-refractivity contribution in [2.24, 2.45) is 5.10 Å². The minimum Gasteiger partial charge on any atom is -0.282 e. The lowest BCUT2D eigenvalue weighted by Crippen LogP contribution is -2.19. The van der Waals surface area contributed by atoms with Crippen LogP contribution >= 0.6 is 0 Å². The molecular formula is C19H20N4O. The Kier molecular flexibility index (Phi) is 4.42. The summed E-state index contributed by atoms with van der Waals surface area (Å²) in [6, 6.07) is 15.9. The molecule has 0 spiro atoms. The third-order valence-electron chi connectivity index (χ3n) is 3.96. The normalized spacial score (nSPS) is 11.9. The number of hydrogen-bond acceptors (Lipinski definition) is 3. The maximum absolute atomic E-state index is 12.2. The molecule has 1 amide bonds. The van der Waals surface area contributed by atoms with Gasteiger partial charge in [0.1, 0.15) is 0 Å². The molecule has 3 rings (SSSR count). The van der Waals surface area contributed by atoms with E-state index in [9.17, 15) is 4.79 Å². The summed E-state index contributed by atoms with van der Waals surface area (Å²) in [5, 5.41) is 13.4. The van der Waals surface area contributed by atoms with Crippen LogP contribution in [0.15, 0.2) is 53.6 Å². The van der Waals surface area contributed by atoms with Gasteiger partial charge in [-0.25, -0.2) is 5.43 Å². The van der Waals surface area contributed by atoms with Gasteiger partial charge in [-0.2, -0.15) is 10.2 Å². The summed E-state index contributed by atoms with van der Waals surface area (Å²) < 4.78 is 0. The number of nitrogens with one attached hydrogen (secondary N) is 2. The molecule has 0 atom stereocenters. The number of benzene rings is 2. The highest BCUT2D eigenvalue weighted by atomic mass is 16.2. The highest BCUT2D eigenvalue weighted by molar-refractivity contribution is 6.10. The number of carbonyl (C=O) groups is 1. The van der Waals surface area contributed by atoms with Crippen molar-refractivity contribution in [2.75, 3.05) is 0 Å². The van der Waals surface area contributed by atoms with Crippen LogP contribution in [0.1, 0.15) is 48.4 Å². The molecule has 24 heavy (non-hydrogen) atoms. The molecule has 0 saturated carbocycles. The Balaban J connectivity index is 1.81. The van der Waals surface area contributed by atoms with Gasteiger partial charge in [0.25, 0.3) is 5.91 Å². The third-order valence-corrected chi connectivity index (χ3v) is 3.96. The number of hydrogen-bond donors (Lipinski definition) is 2. The largest absolute Gasteiger partial charge is 0.291 e. The lowest BCUT2D eigenvalue weighted by atomic mass is 10.0. The van der Waals surface area contributed by atoms with Crippen molar-refractivity contribution < 1.29 is 4.79 Å². The molecule has 2 aromatic carbocycles. The quantitative estimate of drug-likeness (QED) is 0.566. The molecule has 5 heteroatoms. The van der Waals surface area contributed by atoms with Crippen LogP contribution in [0.2, 0.25) is 0 Å². The molecule has 1 aromatic heterocycles. The van der Waals surface area contributed by atoms with Gasteiger partial charge in [0.15, 0.2) is 5.69 Å². The lowest BCUT2D eigenvalue weighted by molar-refractivity contribution is 0.0950. The van der Waals surface area contributed by atoms with E-state index in [0.29, 0.717) is 11.6 Å². The Morgan fingerprint density at radius 1 is 1.17 bits per heavy atom. The van der Waals surface area contributed by atoms with E-state index >= 15 is 0 Å². The number of amides is 1. The molecule has 0 unspecified atom stereocenters. The summed E-state index contributed by atoms with van der Waals surface area (Å²) >= 11 is 0. The second-order valence-electron chi connectivity index (χ2n) is 6.03. The van der Waals surface area contributed by atoms with E-state index in [0.717, 1.165) is 27.7 Å². The first kappa shape index (κ1) is 15.9. The number of rotatable bonds is 4. The van der Waals surface area contributed by atoms with Crippen molar-refractivity contribution in [3.63, 3.8) is 0 Å². The molecule has 122 valence electrons.